The highest BCUT2D eigenvalue weighted by molar-refractivity contribution is 7.95. The van der Waals surface area contributed by atoms with Gasteiger partial charge in [-0.15, -0.1) is 0 Å². The molecular formula is C13H18N2O4S2. The maximum Gasteiger partial charge on any atom is 0.233 e. The predicted octanol–water partition coefficient (Wildman–Crippen LogP) is 0.0915. The van der Waals surface area contributed by atoms with Gasteiger partial charge in [0.1, 0.15) is 9.84 Å². The molecule has 6 nitrogen and oxygen atoms in total. The van der Waals surface area contributed by atoms with Crippen molar-refractivity contribution in [1.82, 2.24) is 0 Å². The first-order valence-corrected chi connectivity index (χ1v) is 9.82. The summed E-state index contributed by atoms with van der Waals surface area (Å²) in [6, 6.07) is 5.12. The summed E-state index contributed by atoms with van der Waals surface area (Å²) in [5, 5.41) is 0. The summed E-state index contributed by atoms with van der Waals surface area (Å²) in [6.07, 6.45) is 0.993. The fraction of sp³-hybridized carbons (Fsp3) is 0.385. The molecule has 0 atom stereocenters. The van der Waals surface area contributed by atoms with Crippen LogP contribution in [0.15, 0.2) is 18.2 Å². The third kappa shape index (κ3) is 6.62. The van der Waals surface area contributed by atoms with Gasteiger partial charge >= 0.3 is 0 Å². The van der Waals surface area contributed by atoms with Gasteiger partial charge < -0.3 is 5.73 Å². The van der Waals surface area contributed by atoms with Gasteiger partial charge in [-0.25, -0.2) is 16.8 Å². The molecular weight excluding hydrogens is 312 g/mol. The van der Waals surface area contributed by atoms with Crippen LogP contribution >= 0.6 is 0 Å². The molecule has 0 amide bonds. The van der Waals surface area contributed by atoms with E-state index in [-0.39, 0.29) is 6.54 Å². The average molecular weight is 330 g/mol. The molecule has 116 valence electrons. The highest BCUT2D eigenvalue weighted by Crippen LogP contribution is 2.18. The molecule has 3 N–H and O–H groups in total. The van der Waals surface area contributed by atoms with E-state index in [1.165, 1.54) is 0 Å². The summed E-state index contributed by atoms with van der Waals surface area (Å²) >= 11 is 0. The summed E-state index contributed by atoms with van der Waals surface area (Å²) in [4.78, 5) is 0. The molecule has 0 aliphatic rings. The van der Waals surface area contributed by atoms with Crippen LogP contribution in [0, 0.1) is 18.8 Å². The minimum absolute atomic E-state index is 0.161. The molecule has 1 aromatic carbocycles. The molecule has 0 spiro atoms. The first-order valence-electron chi connectivity index (χ1n) is 6.11. The highest BCUT2D eigenvalue weighted by atomic mass is 32.2. The summed E-state index contributed by atoms with van der Waals surface area (Å²) in [7, 11) is -7.11. The monoisotopic (exact) mass is 330 g/mol. The Hall–Kier alpha value is -1.56. The number of benzene rings is 1. The van der Waals surface area contributed by atoms with Crippen molar-refractivity contribution in [3.63, 3.8) is 0 Å². The Morgan fingerprint density at radius 2 is 1.86 bits per heavy atom. The standard InChI is InChI=1S/C13H18N2O4S2/c1-11-5-6-12(4-3-7-14)13(10-11)15-21(18,19)9-8-20(2,16)17/h5-6,10,15H,7-9,14H2,1-2H3. The SMILES string of the molecule is Cc1ccc(C#CCN)c(NS(=O)(=O)CCS(C)(=O)=O)c1. The Balaban J connectivity index is 3.03. The molecule has 0 aliphatic heterocycles. The van der Waals surface area contributed by atoms with E-state index in [9.17, 15) is 16.8 Å². The number of hydrogen-bond acceptors (Lipinski definition) is 5. The zero-order chi connectivity index (χ0) is 16.1. The minimum atomic E-state index is -3.76. The van der Waals surface area contributed by atoms with E-state index in [1.54, 1.807) is 18.2 Å². The molecule has 0 saturated carbocycles. The van der Waals surface area contributed by atoms with E-state index in [1.807, 2.05) is 6.92 Å². The summed E-state index contributed by atoms with van der Waals surface area (Å²) < 4.78 is 48.4. The van der Waals surface area contributed by atoms with E-state index < -0.39 is 31.4 Å². The Morgan fingerprint density at radius 3 is 2.43 bits per heavy atom. The zero-order valence-electron chi connectivity index (χ0n) is 11.9. The second kappa shape index (κ2) is 6.93. The predicted molar refractivity (Wildman–Crippen MR) is 84.2 cm³/mol. The normalized spacial score (nSPS) is 11.6. The lowest BCUT2D eigenvalue weighted by atomic mass is 10.1. The number of aryl methyl sites for hydroxylation is 1. The van der Waals surface area contributed by atoms with Crippen molar-refractivity contribution in [2.24, 2.45) is 5.73 Å². The van der Waals surface area contributed by atoms with Crippen LogP contribution < -0.4 is 10.5 Å². The number of anilines is 1. The smallest absolute Gasteiger partial charge is 0.233 e. The second-order valence-electron chi connectivity index (χ2n) is 4.61. The van der Waals surface area contributed by atoms with E-state index in [0.29, 0.717) is 11.3 Å². The lowest BCUT2D eigenvalue weighted by Crippen LogP contribution is -2.22. The van der Waals surface area contributed by atoms with Gasteiger partial charge in [-0.05, 0) is 24.6 Å². The molecule has 0 aliphatic carbocycles. The minimum Gasteiger partial charge on any atom is -0.320 e. The maximum atomic E-state index is 11.9. The summed E-state index contributed by atoms with van der Waals surface area (Å²) in [5.41, 5.74) is 6.97. The van der Waals surface area contributed by atoms with E-state index in [4.69, 9.17) is 5.73 Å². The highest BCUT2D eigenvalue weighted by Gasteiger charge is 2.16. The van der Waals surface area contributed by atoms with Crippen LogP contribution in [0.5, 0.6) is 0 Å². The van der Waals surface area contributed by atoms with Crippen molar-refractivity contribution in [2.75, 3.05) is 29.0 Å². The maximum absolute atomic E-state index is 11.9. The van der Waals surface area contributed by atoms with Crippen molar-refractivity contribution >= 4 is 25.5 Å². The van der Waals surface area contributed by atoms with Gasteiger partial charge in [0.2, 0.25) is 10.0 Å². The van der Waals surface area contributed by atoms with Gasteiger partial charge in [0, 0.05) is 11.8 Å². The van der Waals surface area contributed by atoms with Gasteiger partial charge in [0.05, 0.1) is 23.7 Å². The van der Waals surface area contributed by atoms with Gasteiger partial charge in [-0.1, -0.05) is 17.9 Å². The van der Waals surface area contributed by atoms with Crippen LogP contribution in [0.4, 0.5) is 5.69 Å². The molecule has 0 radical (unpaired) electrons. The molecule has 0 fully saturated rings. The quantitative estimate of drug-likeness (QED) is 0.744. The van der Waals surface area contributed by atoms with Gasteiger partial charge in [0.25, 0.3) is 0 Å². The molecule has 0 saturated heterocycles. The summed E-state index contributed by atoms with van der Waals surface area (Å²) in [5.74, 6) is 4.50. The number of nitrogens with one attached hydrogen (secondary N) is 1. The second-order valence-corrected chi connectivity index (χ2v) is 8.71. The van der Waals surface area contributed by atoms with E-state index in [0.717, 1.165) is 11.8 Å². The van der Waals surface area contributed by atoms with Crippen molar-refractivity contribution < 1.29 is 16.8 Å². The third-order valence-electron chi connectivity index (χ3n) is 2.49. The van der Waals surface area contributed by atoms with Crippen molar-refractivity contribution in [3.8, 4) is 11.8 Å². The van der Waals surface area contributed by atoms with Crippen LogP contribution in [0.25, 0.3) is 0 Å². The van der Waals surface area contributed by atoms with Crippen molar-refractivity contribution in [3.05, 3.63) is 29.3 Å². The lowest BCUT2D eigenvalue weighted by molar-refractivity contribution is 0.593. The van der Waals surface area contributed by atoms with Crippen LogP contribution in [0.2, 0.25) is 0 Å². The Kier molecular flexibility index (Phi) is 5.78. The molecule has 0 heterocycles. The molecule has 21 heavy (non-hydrogen) atoms. The first kappa shape index (κ1) is 17.5. The fourth-order valence-corrected chi connectivity index (χ4v) is 4.17. The molecule has 1 aromatic rings. The largest absolute Gasteiger partial charge is 0.320 e. The number of sulfonamides is 1. The van der Waals surface area contributed by atoms with E-state index in [2.05, 4.69) is 16.6 Å². The molecule has 0 bridgehead atoms. The molecule has 8 heteroatoms. The topological polar surface area (TPSA) is 106 Å². The first-order chi connectivity index (χ1) is 9.63. The fourth-order valence-electron chi connectivity index (χ4n) is 1.48. The molecule has 1 rings (SSSR count). The van der Waals surface area contributed by atoms with Crippen LogP contribution in [0.1, 0.15) is 11.1 Å². The van der Waals surface area contributed by atoms with Gasteiger partial charge in [0.15, 0.2) is 0 Å². The van der Waals surface area contributed by atoms with Gasteiger partial charge in [-0.2, -0.15) is 0 Å². The summed E-state index contributed by atoms with van der Waals surface area (Å²) in [6.45, 7) is 1.97. The zero-order valence-corrected chi connectivity index (χ0v) is 13.5. The van der Waals surface area contributed by atoms with Crippen molar-refractivity contribution in [2.45, 2.75) is 6.92 Å². The lowest BCUT2D eigenvalue weighted by Gasteiger charge is -2.10. The number of hydrogen-bond donors (Lipinski definition) is 2. The Morgan fingerprint density at radius 1 is 1.19 bits per heavy atom. The van der Waals surface area contributed by atoms with E-state index >= 15 is 0 Å². The molecule has 0 aromatic heterocycles. The molecule has 0 unspecified atom stereocenters. The Labute approximate surface area is 125 Å². The number of rotatable bonds is 5. The van der Waals surface area contributed by atoms with Crippen LogP contribution in [-0.2, 0) is 19.9 Å². The van der Waals surface area contributed by atoms with Crippen LogP contribution in [-0.4, -0.2) is 41.1 Å². The van der Waals surface area contributed by atoms with Crippen LogP contribution in [0.3, 0.4) is 0 Å². The Bertz CT molecular complexity index is 772. The van der Waals surface area contributed by atoms with Gasteiger partial charge in [-0.3, -0.25) is 4.72 Å². The third-order valence-corrected chi connectivity index (χ3v) is 4.97. The van der Waals surface area contributed by atoms with Crippen molar-refractivity contribution in [1.29, 1.82) is 0 Å². The average Bonchev–Trinajstić information content (AvgIpc) is 2.34. The number of nitrogens with two attached hydrogens (primary N) is 1. The number of sulfone groups is 1.